The largest absolute Gasteiger partial charge is 0.376 e. The number of hydrogen-bond acceptors (Lipinski definition) is 4. The standard InChI is InChI=1S/C17H25NO3/c1-17(2)12-18-9-14(21-17)10-19-11-16-15-6-4-3-5-13(15)7-8-20-16/h3-6,14,16,18H,7-12H2,1-2H3. The lowest BCUT2D eigenvalue weighted by Gasteiger charge is -2.36. The second kappa shape index (κ2) is 6.44. The van der Waals surface area contributed by atoms with Crippen LogP contribution in [0.2, 0.25) is 0 Å². The molecule has 0 saturated carbocycles. The molecule has 1 aromatic rings. The average Bonchev–Trinajstić information content (AvgIpc) is 2.46. The third-order valence-corrected chi connectivity index (χ3v) is 4.07. The third-order valence-electron chi connectivity index (χ3n) is 4.07. The SMILES string of the molecule is CC1(C)CNCC(COCC2OCCc3ccccc32)O1. The summed E-state index contributed by atoms with van der Waals surface area (Å²) in [5.41, 5.74) is 2.54. The Morgan fingerprint density at radius 2 is 2.14 bits per heavy atom. The Bertz CT molecular complexity index is 475. The summed E-state index contributed by atoms with van der Waals surface area (Å²) >= 11 is 0. The summed E-state index contributed by atoms with van der Waals surface area (Å²) in [7, 11) is 0. The lowest BCUT2D eigenvalue weighted by atomic mass is 9.98. The number of rotatable bonds is 4. The highest BCUT2D eigenvalue weighted by molar-refractivity contribution is 5.30. The van der Waals surface area contributed by atoms with Gasteiger partial charge >= 0.3 is 0 Å². The van der Waals surface area contributed by atoms with Crippen LogP contribution in [0.3, 0.4) is 0 Å². The van der Waals surface area contributed by atoms with Crippen molar-refractivity contribution in [1.82, 2.24) is 5.32 Å². The van der Waals surface area contributed by atoms with E-state index in [0.29, 0.717) is 13.2 Å². The molecule has 0 bridgehead atoms. The first kappa shape index (κ1) is 15.0. The molecule has 1 saturated heterocycles. The lowest BCUT2D eigenvalue weighted by molar-refractivity contribution is -0.129. The summed E-state index contributed by atoms with van der Waals surface area (Å²) in [5, 5.41) is 3.39. The Morgan fingerprint density at radius 1 is 1.29 bits per heavy atom. The average molecular weight is 291 g/mol. The number of benzene rings is 1. The maximum atomic E-state index is 6.00. The second-order valence-electron chi connectivity index (χ2n) is 6.48. The minimum absolute atomic E-state index is 0.0551. The van der Waals surface area contributed by atoms with Crippen LogP contribution in [0.5, 0.6) is 0 Å². The normalized spacial score (nSPS) is 28.1. The van der Waals surface area contributed by atoms with Gasteiger partial charge in [0.1, 0.15) is 6.10 Å². The number of hydrogen-bond donors (Lipinski definition) is 1. The molecule has 2 aliphatic rings. The number of morpholine rings is 1. The molecule has 0 aliphatic carbocycles. The van der Waals surface area contributed by atoms with E-state index in [9.17, 15) is 0 Å². The Kier molecular flexibility index (Phi) is 4.60. The van der Waals surface area contributed by atoms with Crippen molar-refractivity contribution in [2.45, 2.75) is 38.1 Å². The van der Waals surface area contributed by atoms with Gasteiger partial charge in [-0.3, -0.25) is 0 Å². The Hall–Kier alpha value is -0.940. The maximum absolute atomic E-state index is 6.00. The van der Waals surface area contributed by atoms with Gasteiger partial charge in [0.2, 0.25) is 0 Å². The van der Waals surface area contributed by atoms with Crippen LogP contribution in [0, 0.1) is 0 Å². The summed E-state index contributed by atoms with van der Waals surface area (Å²) in [6, 6.07) is 8.48. The zero-order valence-corrected chi connectivity index (χ0v) is 12.9. The molecule has 0 amide bonds. The van der Waals surface area contributed by atoms with E-state index in [1.165, 1.54) is 11.1 Å². The molecule has 116 valence electrons. The van der Waals surface area contributed by atoms with Gasteiger partial charge in [-0.1, -0.05) is 24.3 Å². The van der Waals surface area contributed by atoms with Gasteiger partial charge in [-0.15, -0.1) is 0 Å². The molecular formula is C17H25NO3. The van der Waals surface area contributed by atoms with Gasteiger partial charge in [0.15, 0.2) is 0 Å². The zero-order chi connectivity index (χ0) is 14.7. The summed E-state index contributed by atoms with van der Waals surface area (Å²) in [6.07, 6.45) is 1.17. The van der Waals surface area contributed by atoms with Gasteiger partial charge < -0.3 is 19.5 Å². The molecule has 4 heteroatoms. The van der Waals surface area contributed by atoms with E-state index in [4.69, 9.17) is 14.2 Å². The Balaban J connectivity index is 1.50. The molecule has 0 spiro atoms. The minimum Gasteiger partial charge on any atom is -0.376 e. The van der Waals surface area contributed by atoms with Crippen LogP contribution in [-0.2, 0) is 20.6 Å². The van der Waals surface area contributed by atoms with Crippen molar-refractivity contribution in [1.29, 1.82) is 0 Å². The molecule has 1 aromatic carbocycles. The van der Waals surface area contributed by atoms with E-state index in [0.717, 1.165) is 26.1 Å². The molecule has 2 heterocycles. The fourth-order valence-electron chi connectivity index (χ4n) is 3.08. The number of nitrogens with one attached hydrogen (secondary N) is 1. The van der Waals surface area contributed by atoms with E-state index < -0.39 is 0 Å². The second-order valence-corrected chi connectivity index (χ2v) is 6.48. The van der Waals surface area contributed by atoms with Crippen LogP contribution in [0.25, 0.3) is 0 Å². The van der Waals surface area contributed by atoms with Gasteiger partial charge in [0.05, 0.1) is 31.5 Å². The lowest BCUT2D eigenvalue weighted by Crippen LogP contribution is -2.52. The molecule has 3 rings (SSSR count). The van der Waals surface area contributed by atoms with Crippen LogP contribution in [0.4, 0.5) is 0 Å². The van der Waals surface area contributed by atoms with E-state index >= 15 is 0 Å². The van der Waals surface area contributed by atoms with Gasteiger partial charge in [0.25, 0.3) is 0 Å². The first-order chi connectivity index (χ1) is 10.1. The molecule has 2 atom stereocenters. The molecule has 0 aromatic heterocycles. The summed E-state index contributed by atoms with van der Waals surface area (Å²) in [6.45, 7) is 7.93. The predicted octanol–water partition coefficient (Wildman–Crippen LogP) is 2.08. The topological polar surface area (TPSA) is 39.7 Å². The van der Waals surface area contributed by atoms with Crippen molar-refractivity contribution in [3.05, 3.63) is 35.4 Å². The van der Waals surface area contributed by atoms with E-state index in [-0.39, 0.29) is 17.8 Å². The molecule has 2 aliphatic heterocycles. The smallest absolute Gasteiger partial charge is 0.106 e. The zero-order valence-electron chi connectivity index (χ0n) is 12.9. The van der Waals surface area contributed by atoms with Crippen molar-refractivity contribution in [3.63, 3.8) is 0 Å². The Labute approximate surface area is 126 Å². The van der Waals surface area contributed by atoms with Crippen LogP contribution < -0.4 is 5.32 Å². The highest BCUT2D eigenvalue weighted by atomic mass is 16.6. The van der Waals surface area contributed by atoms with Crippen LogP contribution in [-0.4, -0.2) is 44.6 Å². The van der Waals surface area contributed by atoms with Crippen molar-refractivity contribution in [3.8, 4) is 0 Å². The molecule has 2 unspecified atom stereocenters. The van der Waals surface area contributed by atoms with Crippen molar-refractivity contribution >= 4 is 0 Å². The molecule has 1 fully saturated rings. The number of ether oxygens (including phenoxy) is 3. The van der Waals surface area contributed by atoms with E-state index in [1.807, 2.05) is 0 Å². The van der Waals surface area contributed by atoms with Crippen molar-refractivity contribution in [2.75, 3.05) is 32.9 Å². The van der Waals surface area contributed by atoms with E-state index in [1.54, 1.807) is 0 Å². The van der Waals surface area contributed by atoms with Gasteiger partial charge in [0, 0.05) is 13.1 Å². The summed E-state index contributed by atoms with van der Waals surface area (Å²) < 4.78 is 17.7. The molecule has 21 heavy (non-hydrogen) atoms. The van der Waals surface area contributed by atoms with Gasteiger partial charge in [-0.25, -0.2) is 0 Å². The summed E-state index contributed by atoms with van der Waals surface area (Å²) in [4.78, 5) is 0. The monoisotopic (exact) mass is 291 g/mol. The fourth-order valence-corrected chi connectivity index (χ4v) is 3.08. The quantitative estimate of drug-likeness (QED) is 0.922. The summed E-state index contributed by atoms with van der Waals surface area (Å²) in [5.74, 6) is 0. The Morgan fingerprint density at radius 3 is 3.00 bits per heavy atom. The molecule has 1 N–H and O–H groups in total. The van der Waals surface area contributed by atoms with Gasteiger partial charge in [-0.2, -0.15) is 0 Å². The van der Waals surface area contributed by atoms with Gasteiger partial charge in [-0.05, 0) is 31.4 Å². The highest BCUT2D eigenvalue weighted by Crippen LogP contribution is 2.27. The molecular weight excluding hydrogens is 266 g/mol. The van der Waals surface area contributed by atoms with Crippen molar-refractivity contribution < 1.29 is 14.2 Å². The predicted molar refractivity (Wildman–Crippen MR) is 81.5 cm³/mol. The van der Waals surface area contributed by atoms with E-state index in [2.05, 4.69) is 43.4 Å². The van der Waals surface area contributed by atoms with Crippen LogP contribution in [0.15, 0.2) is 24.3 Å². The highest BCUT2D eigenvalue weighted by Gasteiger charge is 2.29. The maximum Gasteiger partial charge on any atom is 0.106 e. The van der Waals surface area contributed by atoms with Crippen molar-refractivity contribution in [2.24, 2.45) is 0 Å². The first-order valence-corrected chi connectivity index (χ1v) is 7.80. The van der Waals surface area contributed by atoms with Crippen LogP contribution in [0.1, 0.15) is 31.1 Å². The number of fused-ring (bicyclic) bond motifs is 1. The van der Waals surface area contributed by atoms with Crippen LogP contribution >= 0.6 is 0 Å². The molecule has 4 nitrogen and oxygen atoms in total. The molecule has 0 radical (unpaired) electrons. The first-order valence-electron chi connectivity index (χ1n) is 7.80. The third kappa shape index (κ3) is 3.83. The fraction of sp³-hybridized carbons (Fsp3) is 0.647. The minimum atomic E-state index is -0.111.